The van der Waals surface area contributed by atoms with Gasteiger partial charge in [0, 0.05) is 24.1 Å². The van der Waals surface area contributed by atoms with Crippen molar-refractivity contribution >= 4 is 40.6 Å². The summed E-state index contributed by atoms with van der Waals surface area (Å²) in [6.45, 7) is 2.73. The first-order valence-electron chi connectivity index (χ1n) is 15.5. The van der Waals surface area contributed by atoms with Crippen LogP contribution in [0, 0.1) is 6.92 Å². The van der Waals surface area contributed by atoms with Crippen LogP contribution in [-0.4, -0.2) is 57.3 Å². The first-order valence-corrected chi connectivity index (χ1v) is 17.4. The van der Waals surface area contributed by atoms with Gasteiger partial charge in [0.1, 0.15) is 0 Å². The predicted octanol–water partition coefficient (Wildman–Crippen LogP) is 6.31. The minimum Gasteiger partial charge on any atom is -0.493 e. The molecule has 1 atom stereocenters. The quantitative estimate of drug-likeness (QED) is 0.145. The van der Waals surface area contributed by atoms with E-state index in [4.69, 9.17) is 14.6 Å². The monoisotopic (exact) mass is 680 g/mol. The minimum atomic E-state index is -0.372. The molecule has 12 heteroatoms. The number of para-hydroxylation sites is 1. The summed E-state index contributed by atoms with van der Waals surface area (Å²) in [5.41, 5.74) is 4.42. The molecular formula is C36H36N6O4S2. The van der Waals surface area contributed by atoms with E-state index >= 15 is 0 Å². The van der Waals surface area contributed by atoms with Crippen molar-refractivity contribution < 1.29 is 19.1 Å². The van der Waals surface area contributed by atoms with E-state index in [2.05, 4.69) is 27.6 Å². The molecule has 0 saturated carbocycles. The number of methoxy groups -OCH3 is 2. The van der Waals surface area contributed by atoms with E-state index in [0.717, 1.165) is 33.7 Å². The number of thioether (sulfide) groups is 1. The van der Waals surface area contributed by atoms with Crippen molar-refractivity contribution in [2.24, 2.45) is 5.10 Å². The van der Waals surface area contributed by atoms with Crippen LogP contribution in [0.4, 0.5) is 0 Å². The number of rotatable bonds is 13. The summed E-state index contributed by atoms with van der Waals surface area (Å²) in [6.07, 6.45) is 1.27. The highest BCUT2D eigenvalue weighted by Gasteiger charge is 2.36. The van der Waals surface area contributed by atoms with Crippen molar-refractivity contribution in [3.63, 3.8) is 0 Å². The highest BCUT2D eigenvalue weighted by Crippen LogP contribution is 2.42. The Labute approximate surface area is 287 Å². The molecule has 3 heterocycles. The molecule has 0 spiro atoms. The van der Waals surface area contributed by atoms with E-state index in [9.17, 15) is 9.59 Å². The van der Waals surface area contributed by atoms with E-state index in [1.807, 2.05) is 83.6 Å². The molecule has 1 aliphatic heterocycles. The molecule has 3 aromatic carbocycles. The number of thiophene rings is 1. The Morgan fingerprint density at radius 2 is 1.81 bits per heavy atom. The molecular weight excluding hydrogens is 645 g/mol. The third-order valence-electron chi connectivity index (χ3n) is 8.04. The van der Waals surface area contributed by atoms with E-state index in [1.165, 1.54) is 11.8 Å². The Morgan fingerprint density at radius 3 is 2.56 bits per heavy atom. The number of carbonyl (C=O) groups is 2. The third kappa shape index (κ3) is 7.45. The number of aromatic nitrogens is 3. The van der Waals surface area contributed by atoms with Gasteiger partial charge in [-0.15, -0.1) is 21.5 Å². The lowest BCUT2D eigenvalue weighted by Gasteiger charge is -2.24. The summed E-state index contributed by atoms with van der Waals surface area (Å²) in [5.74, 6) is 1.51. The Morgan fingerprint density at radius 1 is 0.979 bits per heavy atom. The fourth-order valence-electron chi connectivity index (χ4n) is 5.66. The zero-order valence-corrected chi connectivity index (χ0v) is 28.6. The smallest absolute Gasteiger partial charge is 0.253 e. The number of hydrogen-bond acceptors (Lipinski definition) is 9. The molecule has 0 bridgehead atoms. The fourth-order valence-corrected chi connectivity index (χ4v) is 7.21. The second-order valence-electron chi connectivity index (χ2n) is 11.2. The number of nitrogens with one attached hydrogen (secondary N) is 1. The number of ether oxygens (including phenoxy) is 2. The van der Waals surface area contributed by atoms with Crippen LogP contribution in [0.25, 0.3) is 0 Å². The Kier molecular flexibility index (Phi) is 10.5. The summed E-state index contributed by atoms with van der Waals surface area (Å²) in [6, 6.07) is 26.9. The number of amides is 2. The number of hydrogen-bond donors (Lipinski definition) is 1. The van der Waals surface area contributed by atoms with Crippen LogP contribution in [0.5, 0.6) is 11.5 Å². The van der Waals surface area contributed by atoms with Crippen LogP contribution in [0.1, 0.15) is 50.2 Å². The molecule has 0 aliphatic carbocycles. The van der Waals surface area contributed by atoms with Crippen LogP contribution in [0.3, 0.4) is 0 Å². The first-order chi connectivity index (χ1) is 23.4. The lowest BCUT2D eigenvalue weighted by molar-refractivity contribution is -0.130. The van der Waals surface area contributed by atoms with E-state index in [-0.39, 0.29) is 30.2 Å². The summed E-state index contributed by atoms with van der Waals surface area (Å²) in [4.78, 5) is 27.9. The number of hydrazone groups is 1. The Bertz CT molecular complexity index is 1910. The molecule has 1 N–H and O–H groups in total. The number of nitrogens with zero attached hydrogens (tertiary/aromatic N) is 5. The molecule has 5 aromatic rings. The van der Waals surface area contributed by atoms with Gasteiger partial charge in [0.05, 0.1) is 43.1 Å². The molecule has 6 rings (SSSR count). The highest BCUT2D eigenvalue weighted by atomic mass is 32.2. The number of carbonyl (C=O) groups excluding carboxylic acids is 2. The molecule has 10 nitrogen and oxygen atoms in total. The van der Waals surface area contributed by atoms with Gasteiger partial charge >= 0.3 is 0 Å². The van der Waals surface area contributed by atoms with Crippen LogP contribution in [0.15, 0.2) is 101 Å². The minimum absolute atomic E-state index is 0.0864. The van der Waals surface area contributed by atoms with Crippen LogP contribution >= 0.6 is 23.1 Å². The van der Waals surface area contributed by atoms with Crippen LogP contribution in [0.2, 0.25) is 0 Å². The van der Waals surface area contributed by atoms with Gasteiger partial charge in [-0.05, 0) is 48.6 Å². The second-order valence-corrected chi connectivity index (χ2v) is 13.1. The van der Waals surface area contributed by atoms with Gasteiger partial charge in [0.15, 0.2) is 22.5 Å². The van der Waals surface area contributed by atoms with Crippen LogP contribution < -0.4 is 14.8 Å². The van der Waals surface area contributed by atoms with Crippen molar-refractivity contribution in [1.29, 1.82) is 0 Å². The van der Waals surface area contributed by atoms with Gasteiger partial charge in [0.2, 0.25) is 0 Å². The molecule has 0 radical (unpaired) electrons. The molecule has 0 fully saturated rings. The van der Waals surface area contributed by atoms with Gasteiger partial charge in [-0.25, -0.2) is 5.01 Å². The second kappa shape index (κ2) is 15.3. The molecule has 0 unspecified atom stereocenters. The van der Waals surface area contributed by atoms with Gasteiger partial charge < -0.3 is 19.4 Å². The van der Waals surface area contributed by atoms with E-state index in [1.54, 1.807) is 36.6 Å². The zero-order chi connectivity index (χ0) is 33.5. The topological polar surface area (TPSA) is 111 Å². The van der Waals surface area contributed by atoms with Gasteiger partial charge in [0.25, 0.3) is 11.8 Å². The average Bonchev–Trinajstić information content (AvgIpc) is 3.89. The lowest BCUT2D eigenvalue weighted by Crippen LogP contribution is -2.29. The maximum Gasteiger partial charge on any atom is 0.253 e. The Hall–Kier alpha value is -4.94. The van der Waals surface area contributed by atoms with Gasteiger partial charge in [-0.3, -0.25) is 9.59 Å². The SMILES string of the molecule is COc1cccc([C@@H]2CC(c3cccs3)=NN2C(=O)CSc2nnc(CNC(=O)c3cccc(C)c3)n2CCc2ccccc2)c1OC. The normalized spacial score (nSPS) is 14.1. The summed E-state index contributed by atoms with van der Waals surface area (Å²) in [7, 11) is 3.20. The molecule has 246 valence electrons. The van der Waals surface area contributed by atoms with Crippen LogP contribution in [-0.2, 0) is 24.3 Å². The molecule has 2 aromatic heterocycles. The third-order valence-corrected chi connectivity index (χ3v) is 9.91. The van der Waals surface area contributed by atoms with Crippen molar-refractivity contribution in [2.45, 2.75) is 44.1 Å². The molecule has 48 heavy (non-hydrogen) atoms. The maximum atomic E-state index is 14.0. The first kappa shape index (κ1) is 33.0. The van der Waals surface area contributed by atoms with Crippen molar-refractivity contribution in [3.05, 3.63) is 123 Å². The van der Waals surface area contributed by atoms with Crippen molar-refractivity contribution in [1.82, 2.24) is 25.1 Å². The van der Waals surface area contributed by atoms with Gasteiger partial charge in [-0.2, -0.15) is 5.10 Å². The summed E-state index contributed by atoms with van der Waals surface area (Å²) < 4.78 is 13.3. The zero-order valence-electron chi connectivity index (χ0n) is 27.0. The standard InChI is InChI=1S/C36H36N6O4S2/c1-24-10-7-13-26(20-24)35(44)37-22-32-38-39-36(41(32)18-17-25-11-5-4-6-12-25)48-23-33(43)42-29(21-28(40-42)31-16-9-19-47-31)27-14-8-15-30(45-2)34(27)46-3/h4-16,19-20,29H,17-18,21-23H2,1-3H3,(H,37,44)/t29-/m0/s1. The molecule has 1 aliphatic rings. The van der Waals surface area contributed by atoms with E-state index in [0.29, 0.717) is 41.0 Å². The van der Waals surface area contributed by atoms with Crippen molar-refractivity contribution in [2.75, 3.05) is 20.0 Å². The highest BCUT2D eigenvalue weighted by molar-refractivity contribution is 7.99. The lowest BCUT2D eigenvalue weighted by atomic mass is 9.99. The van der Waals surface area contributed by atoms with Gasteiger partial charge in [-0.1, -0.05) is 78.0 Å². The van der Waals surface area contributed by atoms with E-state index < -0.39 is 0 Å². The average molecular weight is 681 g/mol. The number of benzene rings is 3. The largest absolute Gasteiger partial charge is 0.493 e. The fraction of sp³-hybridized carbons (Fsp3) is 0.250. The predicted molar refractivity (Wildman–Crippen MR) is 188 cm³/mol. The molecule has 0 saturated heterocycles. The maximum absolute atomic E-state index is 14.0. The molecule has 2 amide bonds. The summed E-state index contributed by atoms with van der Waals surface area (Å²) in [5, 5.41) is 20.9. The Balaban J connectivity index is 1.23. The number of aryl methyl sites for hydroxylation is 2. The van der Waals surface area contributed by atoms with Crippen molar-refractivity contribution in [3.8, 4) is 11.5 Å². The summed E-state index contributed by atoms with van der Waals surface area (Å²) >= 11 is 2.90.